The van der Waals surface area contributed by atoms with Gasteiger partial charge in [-0.2, -0.15) is 19.2 Å². The number of carbonyl (C=O) groups excluding carboxylic acids is 5. The van der Waals surface area contributed by atoms with E-state index in [-0.39, 0.29) is 31.4 Å². The van der Waals surface area contributed by atoms with Crippen LogP contribution in [0.1, 0.15) is 119 Å². The van der Waals surface area contributed by atoms with Gasteiger partial charge in [-0.25, -0.2) is 0 Å². The van der Waals surface area contributed by atoms with E-state index in [0.29, 0.717) is 18.4 Å². The van der Waals surface area contributed by atoms with Gasteiger partial charge < -0.3 is 28.8 Å². The average molecular weight is 921 g/mol. The van der Waals surface area contributed by atoms with Crippen molar-refractivity contribution in [3.63, 3.8) is 0 Å². The lowest BCUT2D eigenvalue weighted by molar-refractivity contribution is -0.193. The molecule has 6 aromatic rings. The van der Waals surface area contributed by atoms with Crippen molar-refractivity contribution in [3.05, 3.63) is 107 Å². The highest BCUT2D eigenvalue weighted by molar-refractivity contribution is 5.98. The first kappa shape index (κ1) is 49.2. The first-order valence-electron chi connectivity index (χ1n) is 24.1. The molecule has 0 unspecified atom stereocenters. The van der Waals surface area contributed by atoms with Gasteiger partial charge in [-0.1, -0.05) is 99.2 Å². The predicted molar refractivity (Wildman–Crippen MR) is 264 cm³/mol. The van der Waals surface area contributed by atoms with Crippen LogP contribution in [0.15, 0.2) is 84.9 Å². The number of carboxylic acids is 1. The van der Waals surface area contributed by atoms with Crippen LogP contribution >= 0.6 is 0 Å². The molecule has 4 aromatic carbocycles. The number of hydrogen-bond acceptors (Lipinski definition) is 9. The summed E-state index contributed by atoms with van der Waals surface area (Å²) in [6, 6.07) is 30.8. The number of ether oxygens (including phenoxy) is 1. The van der Waals surface area contributed by atoms with E-state index in [1.165, 1.54) is 131 Å². The molecule has 2 saturated carbocycles. The molecule has 2 aliphatic heterocycles. The third kappa shape index (κ3) is 10.8. The van der Waals surface area contributed by atoms with Crippen molar-refractivity contribution in [1.82, 2.24) is 9.13 Å². The third-order valence-corrected chi connectivity index (χ3v) is 13.8. The standard InChI is InChI=1S/C29H36N2O2.C25H28N2O2.2CO2/c1-20-14-15-22-25(18-20)31-17-16-30(19-26(32)33-29(2,3)4)24-13-9-8-12-23(24)28(31)27(22)21-10-6-5-7-11-21;1-17-11-12-19-22(15-17)27-14-13-26(16-23(28)29)21-10-6-5-9-20(21)25(27)24(19)18-7-3-2-4-8-18;2*2-1-3/h8-9,12-15,18,21H,5-7,10-11,16-17,19H2,1-4H3;5-6,9-12,15,18H,2-4,7-8,13-14,16H2,1H3,(H,28,29);;. The van der Waals surface area contributed by atoms with E-state index < -0.39 is 11.6 Å². The minimum atomic E-state index is -0.778. The van der Waals surface area contributed by atoms with Crippen molar-refractivity contribution in [1.29, 1.82) is 0 Å². The van der Waals surface area contributed by atoms with Gasteiger partial charge in [0.15, 0.2) is 0 Å². The Morgan fingerprint density at radius 1 is 0.588 bits per heavy atom. The summed E-state index contributed by atoms with van der Waals surface area (Å²) in [6.45, 7) is 13.6. The molecule has 0 amide bonds. The SMILES string of the molecule is Cc1ccc2c(C3CCCCC3)c3n(c2c1)CCN(CC(=O)O)c1ccccc1-3.Cc1ccc2c(C3CCCCC3)c3n(c2c1)CCN(CC(=O)OC(C)(C)C)c1ccccc1-3.O=C=O.O=C=O. The van der Waals surface area contributed by atoms with Crippen LogP contribution in [0.5, 0.6) is 0 Å². The Bertz CT molecular complexity index is 2810. The second kappa shape index (κ2) is 21.9. The summed E-state index contributed by atoms with van der Waals surface area (Å²) < 4.78 is 10.7. The molecule has 0 bridgehead atoms. The molecule has 68 heavy (non-hydrogen) atoms. The Labute approximate surface area is 398 Å². The Morgan fingerprint density at radius 3 is 1.38 bits per heavy atom. The van der Waals surface area contributed by atoms with E-state index in [2.05, 4.69) is 107 Å². The van der Waals surface area contributed by atoms with E-state index in [1.807, 2.05) is 31.7 Å². The lowest BCUT2D eigenvalue weighted by atomic mass is 9.81. The number of rotatable bonds is 6. The summed E-state index contributed by atoms with van der Waals surface area (Å²) in [5.41, 5.74) is 15.0. The zero-order valence-corrected chi connectivity index (χ0v) is 40.1. The van der Waals surface area contributed by atoms with Crippen LogP contribution in [0.2, 0.25) is 0 Å². The van der Waals surface area contributed by atoms with Gasteiger partial charge in [0.05, 0.1) is 11.4 Å². The van der Waals surface area contributed by atoms with Gasteiger partial charge in [0.2, 0.25) is 0 Å². The van der Waals surface area contributed by atoms with Crippen LogP contribution < -0.4 is 9.80 Å². The summed E-state index contributed by atoms with van der Waals surface area (Å²) in [6.07, 6.45) is 13.5. The van der Waals surface area contributed by atoms with Gasteiger partial charge in [0.1, 0.15) is 18.7 Å². The number of para-hydroxylation sites is 2. The van der Waals surface area contributed by atoms with Crippen LogP contribution in [0.25, 0.3) is 44.3 Å². The molecule has 0 saturated heterocycles. The molecule has 4 heterocycles. The quantitative estimate of drug-likeness (QED) is 0.160. The van der Waals surface area contributed by atoms with Crippen LogP contribution in [-0.2, 0) is 46.6 Å². The molecular weight excluding hydrogens is 857 g/mol. The van der Waals surface area contributed by atoms with E-state index >= 15 is 0 Å². The van der Waals surface area contributed by atoms with Crippen molar-refractivity contribution in [2.24, 2.45) is 0 Å². The van der Waals surface area contributed by atoms with Gasteiger partial charge in [-0.3, -0.25) is 9.59 Å². The zero-order valence-electron chi connectivity index (χ0n) is 40.1. The molecule has 12 heteroatoms. The number of esters is 1. The molecule has 4 aliphatic rings. The maximum absolute atomic E-state index is 12.8. The van der Waals surface area contributed by atoms with Gasteiger partial charge in [-0.15, -0.1) is 0 Å². The molecule has 356 valence electrons. The number of hydrogen-bond donors (Lipinski definition) is 1. The molecule has 2 aromatic heterocycles. The highest BCUT2D eigenvalue weighted by Gasteiger charge is 2.33. The van der Waals surface area contributed by atoms with Crippen molar-refractivity contribution < 1.29 is 38.6 Å². The summed E-state index contributed by atoms with van der Waals surface area (Å²) >= 11 is 0. The molecule has 1 N–H and O–H groups in total. The Morgan fingerprint density at radius 2 is 0.985 bits per heavy atom. The molecule has 0 atom stereocenters. The number of carbonyl (C=O) groups is 2. The molecule has 2 aliphatic carbocycles. The molecule has 10 rings (SSSR count). The summed E-state index contributed by atoms with van der Waals surface area (Å²) in [5.74, 6) is 0.242. The van der Waals surface area contributed by atoms with Crippen LogP contribution in [-0.4, -0.2) is 70.3 Å². The number of aromatic nitrogens is 2. The first-order valence-corrected chi connectivity index (χ1v) is 24.1. The van der Waals surface area contributed by atoms with E-state index in [1.54, 1.807) is 0 Å². The Balaban J connectivity index is 0.000000182. The normalized spacial score (nSPS) is 15.7. The smallest absolute Gasteiger partial charge is 0.373 e. The lowest BCUT2D eigenvalue weighted by Gasteiger charge is -2.27. The third-order valence-electron chi connectivity index (χ3n) is 13.8. The molecule has 0 radical (unpaired) electrons. The second-order valence-electron chi connectivity index (χ2n) is 19.6. The molecule has 0 spiro atoms. The van der Waals surface area contributed by atoms with E-state index in [9.17, 15) is 14.7 Å². The molecule has 2 fully saturated rings. The molecular formula is C56H64N4O8. The average Bonchev–Trinajstić information content (AvgIpc) is 3.68. The maximum Gasteiger partial charge on any atom is 0.373 e. The van der Waals surface area contributed by atoms with Crippen LogP contribution in [0, 0.1) is 13.8 Å². The van der Waals surface area contributed by atoms with Crippen LogP contribution in [0.4, 0.5) is 11.4 Å². The fourth-order valence-corrected chi connectivity index (χ4v) is 11.2. The van der Waals surface area contributed by atoms with Crippen molar-refractivity contribution >= 4 is 57.4 Å². The van der Waals surface area contributed by atoms with Gasteiger partial charge in [-0.05, 0) is 119 Å². The Hall–Kier alpha value is -6.74. The largest absolute Gasteiger partial charge is 0.480 e. The monoisotopic (exact) mass is 920 g/mol. The lowest BCUT2D eigenvalue weighted by Crippen LogP contribution is -2.36. The number of anilines is 2. The minimum Gasteiger partial charge on any atom is -0.480 e. The number of carboxylic acid groups (broad SMARTS) is 1. The number of fused-ring (bicyclic) bond motifs is 10. The summed E-state index contributed by atoms with van der Waals surface area (Å²) in [5, 5.41) is 12.3. The predicted octanol–water partition coefficient (Wildman–Crippen LogP) is 11.2. The summed E-state index contributed by atoms with van der Waals surface area (Å²) in [4.78, 5) is 61.0. The van der Waals surface area contributed by atoms with Crippen molar-refractivity contribution in [2.75, 3.05) is 36.0 Å². The van der Waals surface area contributed by atoms with Gasteiger partial charge >= 0.3 is 24.2 Å². The van der Waals surface area contributed by atoms with Gasteiger partial charge in [0, 0.05) is 70.5 Å². The second-order valence-corrected chi connectivity index (χ2v) is 19.6. The van der Waals surface area contributed by atoms with E-state index in [0.717, 1.165) is 31.0 Å². The number of nitrogens with zero attached hydrogens (tertiary/aromatic N) is 4. The van der Waals surface area contributed by atoms with E-state index in [4.69, 9.17) is 23.9 Å². The number of aryl methyl sites for hydroxylation is 2. The first-order chi connectivity index (χ1) is 32.8. The highest BCUT2D eigenvalue weighted by Crippen LogP contribution is 2.49. The topological polar surface area (TPSA) is 148 Å². The fourth-order valence-electron chi connectivity index (χ4n) is 11.2. The minimum absolute atomic E-state index is 0.0393. The van der Waals surface area contributed by atoms with Gasteiger partial charge in [0.25, 0.3) is 0 Å². The highest BCUT2D eigenvalue weighted by atomic mass is 16.6. The van der Waals surface area contributed by atoms with Crippen LogP contribution in [0.3, 0.4) is 0 Å². The van der Waals surface area contributed by atoms with Crippen molar-refractivity contribution in [2.45, 2.75) is 129 Å². The molecule has 12 nitrogen and oxygen atoms in total. The number of benzene rings is 4. The zero-order chi connectivity index (χ0) is 48.5. The summed E-state index contributed by atoms with van der Waals surface area (Å²) in [7, 11) is 0. The maximum atomic E-state index is 12.8. The van der Waals surface area contributed by atoms with Crippen molar-refractivity contribution in [3.8, 4) is 22.5 Å². The Kier molecular flexibility index (Phi) is 15.8. The fraction of sp³-hybridized carbons (Fsp3) is 0.429. The number of aliphatic carboxylic acids is 1.